The Morgan fingerprint density at radius 3 is 2.52 bits per heavy atom. The highest BCUT2D eigenvalue weighted by Crippen LogP contribution is 2.36. The van der Waals surface area contributed by atoms with E-state index in [2.05, 4.69) is 10.3 Å². The summed E-state index contributed by atoms with van der Waals surface area (Å²) in [4.78, 5) is 17.6. The minimum absolute atomic E-state index is 0.338. The minimum atomic E-state index is -0.338. The summed E-state index contributed by atoms with van der Waals surface area (Å²) in [5.41, 5.74) is 3.10. The van der Waals surface area contributed by atoms with Gasteiger partial charge in [-0.3, -0.25) is 9.78 Å². The topological polar surface area (TPSA) is 73.6 Å². The number of para-hydroxylation sites is 1. The van der Waals surface area contributed by atoms with Gasteiger partial charge in [0.25, 0.3) is 5.91 Å². The number of methoxy groups -OCH3 is 2. The summed E-state index contributed by atoms with van der Waals surface area (Å²) in [7, 11) is 3.06. The van der Waals surface area contributed by atoms with Crippen molar-refractivity contribution in [1.82, 2.24) is 4.98 Å². The van der Waals surface area contributed by atoms with Gasteiger partial charge in [-0.05, 0) is 42.5 Å². The van der Waals surface area contributed by atoms with E-state index in [1.54, 1.807) is 55.8 Å². The van der Waals surface area contributed by atoms with Crippen molar-refractivity contribution in [3.63, 3.8) is 0 Å². The molecule has 0 fully saturated rings. The van der Waals surface area contributed by atoms with E-state index in [1.165, 1.54) is 13.3 Å². The molecule has 6 nitrogen and oxygen atoms in total. The lowest BCUT2D eigenvalue weighted by molar-refractivity contribution is 0.102. The summed E-state index contributed by atoms with van der Waals surface area (Å²) >= 11 is 6.02. The van der Waals surface area contributed by atoms with Crippen LogP contribution in [0, 0.1) is 0 Å². The van der Waals surface area contributed by atoms with Gasteiger partial charge >= 0.3 is 0 Å². The zero-order valence-electron chi connectivity index (χ0n) is 16.9. The number of carbonyl (C=O) groups is 1. The molecule has 0 aliphatic heterocycles. The molecule has 31 heavy (non-hydrogen) atoms. The molecule has 2 aromatic carbocycles. The summed E-state index contributed by atoms with van der Waals surface area (Å²) in [5.74, 6) is 1.23. The SMILES string of the molecule is COc1cccc(NC(=O)c2cnc(-c3ccc(Cl)cc3)c(-c3ccco3)c2)c1OC. The molecule has 0 saturated heterocycles. The van der Waals surface area contributed by atoms with E-state index in [1.807, 2.05) is 18.2 Å². The molecule has 0 unspecified atom stereocenters. The fourth-order valence-corrected chi connectivity index (χ4v) is 3.35. The quantitative estimate of drug-likeness (QED) is 0.407. The van der Waals surface area contributed by atoms with Gasteiger partial charge in [0, 0.05) is 22.3 Å². The van der Waals surface area contributed by atoms with E-state index < -0.39 is 0 Å². The fraction of sp³-hybridized carbons (Fsp3) is 0.0833. The van der Waals surface area contributed by atoms with Crippen LogP contribution in [0.1, 0.15) is 10.4 Å². The van der Waals surface area contributed by atoms with Crippen molar-refractivity contribution < 1.29 is 18.7 Å². The number of hydrogen-bond acceptors (Lipinski definition) is 5. The smallest absolute Gasteiger partial charge is 0.257 e. The van der Waals surface area contributed by atoms with Crippen molar-refractivity contribution in [3.8, 4) is 34.1 Å². The van der Waals surface area contributed by atoms with E-state index in [9.17, 15) is 4.79 Å². The van der Waals surface area contributed by atoms with Crippen molar-refractivity contribution in [1.29, 1.82) is 0 Å². The monoisotopic (exact) mass is 434 g/mol. The lowest BCUT2D eigenvalue weighted by Gasteiger charge is -2.14. The first-order valence-electron chi connectivity index (χ1n) is 9.43. The number of carbonyl (C=O) groups excluding carboxylic acids is 1. The highest BCUT2D eigenvalue weighted by Gasteiger charge is 2.18. The van der Waals surface area contributed by atoms with Gasteiger partial charge in [0.15, 0.2) is 11.5 Å². The molecule has 0 radical (unpaired) electrons. The number of nitrogens with zero attached hydrogens (tertiary/aromatic N) is 1. The number of anilines is 1. The number of nitrogens with one attached hydrogen (secondary N) is 1. The maximum absolute atomic E-state index is 13.0. The second kappa shape index (κ2) is 8.93. The van der Waals surface area contributed by atoms with Crippen LogP contribution in [0.25, 0.3) is 22.6 Å². The molecule has 4 aromatic rings. The van der Waals surface area contributed by atoms with Gasteiger partial charge in [-0.15, -0.1) is 0 Å². The predicted octanol–water partition coefficient (Wildman–Crippen LogP) is 5.93. The standard InChI is InChI=1S/C24H19ClN2O4/c1-29-21-6-3-5-19(23(21)30-2)27-24(28)16-13-18(20-7-4-12-31-20)22(26-14-16)15-8-10-17(25)11-9-15/h3-14H,1-2H3,(H,27,28). The zero-order chi connectivity index (χ0) is 21.8. The number of aromatic nitrogens is 1. The fourth-order valence-electron chi connectivity index (χ4n) is 3.23. The maximum atomic E-state index is 13.0. The molecular weight excluding hydrogens is 416 g/mol. The normalized spacial score (nSPS) is 10.5. The van der Waals surface area contributed by atoms with Gasteiger partial charge < -0.3 is 19.2 Å². The van der Waals surface area contributed by atoms with Crippen molar-refractivity contribution in [2.45, 2.75) is 0 Å². The Hall–Kier alpha value is -3.77. The van der Waals surface area contributed by atoms with E-state index >= 15 is 0 Å². The van der Waals surface area contributed by atoms with Crippen molar-refractivity contribution in [3.05, 3.63) is 83.7 Å². The van der Waals surface area contributed by atoms with Crippen LogP contribution >= 0.6 is 11.6 Å². The second-order valence-electron chi connectivity index (χ2n) is 6.60. The maximum Gasteiger partial charge on any atom is 0.257 e. The Morgan fingerprint density at radius 2 is 1.84 bits per heavy atom. The molecule has 1 N–H and O–H groups in total. The van der Waals surface area contributed by atoms with E-state index in [0.717, 1.165) is 5.56 Å². The summed E-state index contributed by atoms with van der Waals surface area (Å²) in [5, 5.41) is 3.49. The number of hydrogen-bond donors (Lipinski definition) is 1. The van der Waals surface area contributed by atoms with Crippen molar-refractivity contribution >= 4 is 23.2 Å². The third kappa shape index (κ3) is 4.25. The third-order valence-corrected chi connectivity index (χ3v) is 4.96. The lowest BCUT2D eigenvalue weighted by Crippen LogP contribution is -2.13. The highest BCUT2D eigenvalue weighted by atomic mass is 35.5. The molecule has 0 aliphatic carbocycles. The lowest BCUT2D eigenvalue weighted by atomic mass is 10.0. The number of furan rings is 1. The third-order valence-electron chi connectivity index (χ3n) is 4.71. The van der Waals surface area contributed by atoms with Gasteiger partial charge in [0.05, 0.1) is 37.4 Å². The van der Waals surface area contributed by atoms with Crippen LogP contribution in [0.3, 0.4) is 0 Å². The van der Waals surface area contributed by atoms with E-state index in [0.29, 0.717) is 44.8 Å². The van der Waals surface area contributed by atoms with Crippen LogP contribution < -0.4 is 14.8 Å². The molecule has 0 bridgehead atoms. The summed E-state index contributed by atoms with van der Waals surface area (Å²) in [6.07, 6.45) is 3.10. The molecule has 2 heterocycles. The van der Waals surface area contributed by atoms with Gasteiger partial charge in [-0.1, -0.05) is 29.8 Å². The number of rotatable bonds is 6. The van der Waals surface area contributed by atoms with Gasteiger partial charge in [-0.2, -0.15) is 0 Å². The molecule has 2 aromatic heterocycles. The molecule has 0 spiro atoms. The molecular formula is C24H19ClN2O4. The number of halogens is 1. The second-order valence-corrected chi connectivity index (χ2v) is 7.04. The first-order valence-corrected chi connectivity index (χ1v) is 9.80. The van der Waals surface area contributed by atoms with E-state index in [-0.39, 0.29) is 5.91 Å². The number of amides is 1. The molecule has 1 amide bonds. The largest absolute Gasteiger partial charge is 0.493 e. The molecule has 156 valence electrons. The van der Waals surface area contributed by atoms with Crippen LogP contribution in [0.2, 0.25) is 5.02 Å². The van der Waals surface area contributed by atoms with E-state index in [4.69, 9.17) is 25.5 Å². The highest BCUT2D eigenvalue weighted by molar-refractivity contribution is 6.30. The predicted molar refractivity (Wildman–Crippen MR) is 120 cm³/mol. The Balaban J connectivity index is 1.72. The number of pyridine rings is 1. The zero-order valence-corrected chi connectivity index (χ0v) is 17.6. The van der Waals surface area contributed by atoms with Crippen LogP contribution in [0.4, 0.5) is 5.69 Å². The first-order chi connectivity index (χ1) is 15.1. The van der Waals surface area contributed by atoms with Gasteiger partial charge in [0.2, 0.25) is 0 Å². The molecule has 0 saturated carbocycles. The Kier molecular flexibility index (Phi) is 5.91. The van der Waals surface area contributed by atoms with Crippen molar-refractivity contribution in [2.24, 2.45) is 0 Å². The number of benzene rings is 2. The molecule has 0 aliphatic rings. The summed E-state index contributed by atoms with van der Waals surface area (Å²) < 4.78 is 16.3. The average Bonchev–Trinajstić information content (AvgIpc) is 3.34. The Labute approximate surface area is 184 Å². The van der Waals surface area contributed by atoms with Crippen LogP contribution in [0.15, 0.2) is 77.5 Å². The first kappa shape index (κ1) is 20.5. The molecule has 7 heteroatoms. The summed E-state index contributed by atoms with van der Waals surface area (Å²) in [6.45, 7) is 0. The van der Waals surface area contributed by atoms with Crippen molar-refractivity contribution in [2.75, 3.05) is 19.5 Å². The van der Waals surface area contributed by atoms with Crippen LogP contribution in [-0.2, 0) is 0 Å². The minimum Gasteiger partial charge on any atom is -0.493 e. The Morgan fingerprint density at radius 1 is 1.03 bits per heavy atom. The van der Waals surface area contributed by atoms with Crippen LogP contribution in [-0.4, -0.2) is 25.1 Å². The summed E-state index contributed by atoms with van der Waals surface area (Å²) in [6, 6.07) is 18.0. The Bertz CT molecular complexity index is 1200. The van der Waals surface area contributed by atoms with Crippen LogP contribution in [0.5, 0.6) is 11.5 Å². The van der Waals surface area contributed by atoms with Gasteiger partial charge in [0.1, 0.15) is 5.76 Å². The van der Waals surface area contributed by atoms with Gasteiger partial charge in [-0.25, -0.2) is 0 Å². The molecule has 0 atom stereocenters. The number of ether oxygens (including phenoxy) is 2. The molecule has 4 rings (SSSR count). The average molecular weight is 435 g/mol.